The number of hydrogen-bond donors (Lipinski definition) is 0. The zero-order chi connectivity index (χ0) is 28.4. The molecule has 0 N–H and O–H groups in total. The third-order valence-electron chi connectivity index (χ3n) is 6.50. The van der Waals surface area contributed by atoms with Gasteiger partial charge in [-0.3, -0.25) is 9.36 Å². The van der Waals surface area contributed by atoms with Crippen LogP contribution >= 0.6 is 45.5 Å². The van der Waals surface area contributed by atoms with Crippen molar-refractivity contribution in [2.24, 2.45) is 4.99 Å². The van der Waals surface area contributed by atoms with Gasteiger partial charge < -0.3 is 9.47 Å². The third-order valence-corrected chi connectivity index (χ3v) is 8.70. The smallest absolute Gasteiger partial charge is 0.338 e. The fourth-order valence-electron chi connectivity index (χ4n) is 4.50. The van der Waals surface area contributed by atoms with Gasteiger partial charge in [0.15, 0.2) is 4.80 Å². The molecule has 3 aromatic carbocycles. The molecule has 1 atom stereocenters. The van der Waals surface area contributed by atoms with Crippen molar-refractivity contribution in [2.45, 2.75) is 33.4 Å². The zero-order valence-corrected chi connectivity index (χ0v) is 25.8. The van der Waals surface area contributed by atoms with E-state index in [1.165, 1.54) is 11.3 Å². The molecule has 0 aliphatic carbocycles. The summed E-state index contributed by atoms with van der Waals surface area (Å²) < 4.78 is 14.4. The second-order valence-corrected chi connectivity index (χ2v) is 11.9. The number of benzene rings is 3. The number of halogens is 2. The first-order chi connectivity index (χ1) is 19.3. The molecule has 9 heteroatoms. The summed E-state index contributed by atoms with van der Waals surface area (Å²) in [6.07, 6.45) is 1.85. The minimum absolute atomic E-state index is 0.210. The summed E-state index contributed by atoms with van der Waals surface area (Å²) in [5, 5.41) is 0.662. The Hall–Kier alpha value is -3.21. The van der Waals surface area contributed by atoms with Crippen molar-refractivity contribution >= 4 is 57.6 Å². The van der Waals surface area contributed by atoms with E-state index in [4.69, 9.17) is 21.1 Å². The van der Waals surface area contributed by atoms with Crippen molar-refractivity contribution in [3.05, 3.63) is 129 Å². The molecule has 1 aliphatic heterocycles. The fourth-order valence-corrected chi connectivity index (χ4v) is 6.43. The Labute approximate surface area is 254 Å². The summed E-state index contributed by atoms with van der Waals surface area (Å²) in [7, 11) is 0. The standard InChI is InChI=1S/C31H26ClIN2O4S/c1-4-38-30(37)27-19(3)34-31-35(28(27)21-12-9-18(2)10-13-21)29(36)26(40-31)16-20-11-14-25(24(33)15-20)39-17-22-7-5-6-8-23(22)32/h5-16,28H,4,17H2,1-3H3/b26-16+/t28-/m1/s1. The Kier molecular flexibility index (Phi) is 8.58. The number of nitrogens with zero attached hydrogens (tertiary/aromatic N) is 2. The van der Waals surface area contributed by atoms with Crippen LogP contribution in [0.25, 0.3) is 6.08 Å². The van der Waals surface area contributed by atoms with Gasteiger partial charge in [0.1, 0.15) is 12.4 Å². The maximum atomic E-state index is 13.8. The number of aromatic nitrogens is 1. The first-order valence-corrected chi connectivity index (χ1v) is 15.0. The molecule has 40 heavy (non-hydrogen) atoms. The number of ether oxygens (including phenoxy) is 2. The van der Waals surface area contributed by atoms with Gasteiger partial charge in [0.2, 0.25) is 0 Å². The van der Waals surface area contributed by atoms with Crippen molar-refractivity contribution in [3.8, 4) is 5.75 Å². The number of rotatable bonds is 7. The van der Waals surface area contributed by atoms with Crippen LogP contribution in [0.4, 0.5) is 0 Å². The van der Waals surface area contributed by atoms with E-state index < -0.39 is 12.0 Å². The summed E-state index contributed by atoms with van der Waals surface area (Å²) in [4.78, 5) is 32.0. The van der Waals surface area contributed by atoms with Crippen LogP contribution in [0.2, 0.25) is 5.02 Å². The normalized spacial score (nSPS) is 15.0. The minimum atomic E-state index is -0.626. The van der Waals surface area contributed by atoms with Crippen LogP contribution in [0.15, 0.2) is 87.8 Å². The number of carbonyl (C=O) groups is 1. The van der Waals surface area contributed by atoms with E-state index >= 15 is 0 Å². The maximum absolute atomic E-state index is 13.8. The Morgan fingerprint density at radius 1 is 1.12 bits per heavy atom. The van der Waals surface area contributed by atoms with Crippen molar-refractivity contribution < 1.29 is 14.3 Å². The van der Waals surface area contributed by atoms with Crippen molar-refractivity contribution in [3.63, 3.8) is 0 Å². The number of aryl methyl sites for hydroxylation is 1. The average molecular weight is 685 g/mol. The van der Waals surface area contributed by atoms with Gasteiger partial charge in [-0.15, -0.1) is 0 Å². The lowest BCUT2D eigenvalue weighted by atomic mass is 9.95. The van der Waals surface area contributed by atoms with Crippen LogP contribution < -0.4 is 19.6 Å². The highest BCUT2D eigenvalue weighted by atomic mass is 127. The van der Waals surface area contributed by atoms with Crippen LogP contribution in [0.5, 0.6) is 5.75 Å². The molecular formula is C31H26ClIN2O4S. The Bertz CT molecular complexity index is 1810. The number of fused-ring (bicyclic) bond motifs is 1. The van der Waals surface area contributed by atoms with E-state index in [-0.39, 0.29) is 12.2 Å². The zero-order valence-electron chi connectivity index (χ0n) is 22.1. The van der Waals surface area contributed by atoms with Crippen molar-refractivity contribution in [1.82, 2.24) is 4.57 Å². The predicted molar refractivity (Wildman–Crippen MR) is 167 cm³/mol. The molecule has 204 valence electrons. The highest BCUT2D eigenvalue weighted by Crippen LogP contribution is 2.31. The van der Waals surface area contributed by atoms with E-state index in [1.54, 1.807) is 18.4 Å². The van der Waals surface area contributed by atoms with Gasteiger partial charge in [-0.25, -0.2) is 9.79 Å². The molecule has 6 nitrogen and oxygen atoms in total. The first kappa shape index (κ1) is 28.3. The topological polar surface area (TPSA) is 69.9 Å². The molecule has 0 radical (unpaired) electrons. The molecule has 0 saturated heterocycles. The van der Waals surface area contributed by atoms with Gasteiger partial charge in [-0.2, -0.15) is 0 Å². The van der Waals surface area contributed by atoms with E-state index in [0.717, 1.165) is 31.6 Å². The predicted octanol–water partition coefficient (Wildman–Crippen LogP) is 5.94. The lowest BCUT2D eigenvalue weighted by molar-refractivity contribution is -0.139. The molecule has 2 heterocycles. The molecule has 0 spiro atoms. The van der Waals surface area contributed by atoms with Crippen LogP contribution in [0.1, 0.15) is 42.1 Å². The Morgan fingerprint density at radius 3 is 2.58 bits per heavy atom. The van der Waals surface area contributed by atoms with Gasteiger partial charge in [-0.1, -0.05) is 77.0 Å². The number of thiazole rings is 1. The maximum Gasteiger partial charge on any atom is 0.338 e. The third kappa shape index (κ3) is 5.80. The van der Waals surface area contributed by atoms with Gasteiger partial charge in [0.25, 0.3) is 5.56 Å². The van der Waals surface area contributed by atoms with Gasteiger partial charge in [-0.05, 0) is 78.8 Å². The molecule has 1 aromatic heterocycles. The Balaban J connectivity index is 1.53. The number of carbonyl (C=O) groups excluding carboxylic acids is 1. The first-order valence-electron chi connectivity index (χ1n) is 12.7. The van der Waals surface area contributed by atoms with Crippen molar-refractivity contribution in [1.29, 1.82) is 0 Å². The Morgan fingerprint density at radius 2 is 1.88 bits per heavy atom. The molecule has 0 unspecified atom stereocenters. The second kappa shape index (κ2) is 12.1. The summed E-state index contributed by atoms with van der Waals surface area (Å²) in [6, 6.07) is 20.6. The van der Waals surface area contributed by atoms with Crippen molar-refractivity contribution in [2.75, 3.05) is 6.61 Å². The number of esters is 1. The lowest BCUT2D eigenvalue weighted by Crippen LogP contribution is -2.39. The van der Waals surface area contributed by atoms with Gasteiger partial charge in [0, 0.05) is 10.6 Å². The van der Waals surface area contributed by atoms with Crippen LogP contribution in [0.3, 0.4) is 0 Å². The minimum Gasteiger partial charge on any atom is -0.488 e. The monoisotopic (exact) mass is 684 g/mol. The molecular weight excluding hydrogens is 659 g/mol. The van der Waals surface area contributed by atoms with E-state index in [9.17, 15) is 9.59 Å². The number of hydrogen-bond acceptors (Lipinski definition) is 6. The molecule has 0 fully saturated rings. The van der Waals surface area contributed by atoms with Gasteiger partial charge >= 0.3 is 5.97 Å². The SMILES string of the molecule is CCOC(=O)C1=C(C)N=c2s/c(=C/c3ccc(OCc4ccccc4Cl)c(I)c3)c(=O)n2[C@@H]1c1ccc(C)cc1. The summed E-state index contributed by atoms with van der Waals surface area (Å²) in [5.41, 5.74) is 4.38. The van der Waals surface area contributed by atoms with Crippen LogP contribution in [-0.4, -0.2) is 17.1 Å². The van der Waals surface area contributed by atoms with Gasteiger partial charge in [0.05, 0.1) is 32.0 Å². The van der Waals surface area contributed by atoms with Crippen LogP contribution in [0, 0.1) is 10.5 Å². The number of allylic oxidation sites excluding steroid dienone is 1. The van der Waals surface area contributed by atoms with E-state index in [1.807, 2.05) is 79.7 Å². The average Bonchev–Trinajstić information content (AvgIpc) is 3.23. The largest absolute Gasteiger partial charge is 0.488 e. The lowest BCUT2D eigenvalue weighted by Gasteiger charge is -2.24. The fraction of sp³-hybridized carbons (Fsp3) is 0.194. The molecule has 4 aromatic rings. The molecule has 0 saturated carbocycles. The van der Waals surface area contributed by atoms with E-state index in [2.05, 4.69) is 27.6 Å². The highest BCUT2D eigenvalue weighted by molar-refractivity contribution is 14.1. The molecule has 5 rings (SSSR count). The second-order valence-electron chi connectivity index (χ2n) is 9.28. The highest BCUT2D eigenvalue weighted by Gasteiger charge is 2.33. The molecule has 1 aliphatic rings. The summed E-state index contributed by atoms with van der Waals surface area (Å²) in [6.45, 7) is 6.13. The van der Waals surface area contributed by atoms with E-state index in [0.29, 0.717) is 32.2 Å². The van der Waals surface area contributed by atoms with Crippen LogP contribution in [-0.2, 0) is 16.1 Å². The molecule has 0 bridgehead atoms. The molecule has 0 amide bonds. The quantitative estimate of drug-likeness (QED) is 0.179. The summed E-state index contributed by atoms with van der Waals surface area (Å²) in [5.74, 6) is 0.263. The summed E-state index contributed by atoms with van der Waals surface area (Å²) >= 11 is 9.78.